The average molecular weight is 598 g/mol. The minimum atomic E-state index is 0.237. The van der Waals surface area contributed by atoms with E-state index in [1.54, 1.807) is 12.4 Å². The largest absolute Gasteiger partial charge is 0.383 e. The summed E-state index contributed by atoms with van der Waals surface area (Å²) >= 11 is 0. The molecule has 7 aromatic rings. The van der Waals surface area contributed by atoms with E-state index in [4.69, 9.17) is 11.5 Å². The van der Waals surface area contributed by atoms with E-state index in [1.807, 2.05) is 36.4 Å². The van der Waals surface area contributed by atoms with Crippen molar-refractivity contribution in [1.29, 1.82) is 0 Å². The summed E-state index contributed by atoms with van der Waals surface area (Å²) in [5.74, 6) is 1.24. The van der Waals surface area contributed by atoms with E-state index >= 15 is 0 Å². The molecule has 0 amide bonds. The first-order chi connectivity index (χ1) is 22.7. The van der Waals surface area contributed by atoms with Crippen LogP contribution < -0.4 is 11.5 Å². The van der Waals surface area contributed by atoms with Gasteiger partial charge < -0.3 is 11.5 Å². The number of aromatic nitrogens is 2. The van der Waals surface area contributed by atoms with Crippen LogP contribution in [0.4, 0.5) is 0 Å². The molecule has 0 spiro atoms. The van der Waals surface area contributed by atoms with Gasteiger partial charge in [0.05, 0.1) is 6.67 Å². The van der Waals surface area contributed by atoms with Gasteiger partial charge in [-0.15, -0.1) is 0 Å². The molecule has 0 saturated carbocycles. The van der Waals surface area contributed by atoms with Crippen molar-refractivity contribution in [2.24, 2.45) is 16.5 Å². The number of benzene rings is 6. The van der Waals surface area contributed by atoms with Gasteiger partial charge in [0.2, 0.25) is 0 Å². The van der Waals surface area contributed by atoms with E-state index in [0.717, 1.165) is 23.4 Å². The van der Waals surface area contributed by atoms with E-state index in [1.165, 1.54) is 44.2 Å². The van der Waals surface area contributed by atoms with Gasteiger partial charge in [-0.25, -0.2) is 9.97 Å². The normalized spacial score (nSPS) is 11.1. The summed E-state index contributed by atoms with van der Waals surface area (Å²) in [6, 6.07) is 52.6. The zero-order valence-corrected chi connectivity index (χ0v) is 25.5. The summed E-state index contributed by atoms with van der Waals surface area (Å²) in [6.45, 7) is 0.237. The summed E-state index contributed by atoms with van der Waals surface area (Å²) in [4.78, 5) is 12.6. The molecular formula is C41H35N5. The molecule has 0 aliphatic carbocycles. The maximum atomic E-state index is 5.58. The van der Waals surface area contributed by atoms with Crippen molar-refractivity contribution in [1.82, 2.24) is 9.97 Å². The Bertz CT molecular complexity index is 2020. The van der Waals surface area contributed by atoms with Gasteiger partial charge in [0.15, 0.2) is 5.82 Å². The van der Waals surface area contributed by atoms with Crippen LogP contribution >= 0.6 is 0 Å². The molecule has 5 nitrogen and oxygen atoms in total. The molecule has 0 bridgehead atoms. The monoisotopic (exact) mass is 597 g/mol. The molecule has 46 heavy (non-hydrogen) atoms. The highest BCUT2D eigenvalue weighted by molar-refractivity contribution is 6.04. The summed E-state index contributed by atoms with van der Waals surface area (Å²) in [5, 5.41) is 2.51. The van der Waals surface area contributed by atoms with Crippen molar-refractivity contribution >= 4 is 16.6 Å². The lowest BCUT2D eigenvalue weighted by Crippen LogP contribution is -2.15. The third kappa shape index (κ3) is 7.24. The highest BCUT2D eigenvalue weighted by Gasteiger charge is 2.10. The Labute approximate surface area is 270 Å². The van der Waals surface area contributed by atoms with Crippen molar-refractivity contribution in [3.63, 3.8) is 0 Å². The quantitative estimate of drug-likeness (QED) is 0.142. The molecule has 6 aromatic carbocycles. The van der Waals surface area contributed by atoms with E-state index in [-0.39, 0.29) is 6.67 Å². The van der Waals surface area contributed by atoms with Crippen molar-refractivity contribution < 1.29 is 0 Å². The Morgan fingerprint density at radius 2 is 1.00 bits per heavy atom. The third-order valence-electron chi connectivity index (χ3n) is 7.79. The maximum absolute atomic E-state index is 5.58. The molecule has 7 rings (SSSR count). The number of aliphatic imine (C=N–C) groups is 1. The lowest BCUT2D eigenvalue weighted by atomic mass is 9.92. The molecule has 0 saturated heterocycles. The van der Waals surface area contributed by atoms with Crippen LogP contribution in [0.3, 0.4) is 0 Å². The van der Waals surface area contributed by atoms with E-state index in [0.29, 0.717) is 5.84 Å². The van der Waals surface area contributed by atoms with Gasteiger partial charge in [-0.05, 0) is 56.6 Å². The summed E-state index contributed by atoms with van der Waals surface area (Å²) < 4.78 is 0. The van der Waals surface area contributed by atoms with Crippen LogP contribution in [0.15, 0.2) is 169 Å². The van der Waals surface area contributed by atoms with Gasteiger partial charge in [0.25, 0.3) is 0 Å². The third-order valence-corrected chi connectivity index (χ3v) is 7.79. The molecule has 0 atom stereocenters. The first-order valence-corrected chi connectivity index (χ1v) is 15.3. The topological polar surface area (TPSA) is 90.2 Å². The van der Waals surface area contributed by atoms with Crippen molar-refractivity contribution in [2.75, 3.05) is 6.67 Å². The number of rotatable bonds is 7. The Hall–Kier alpha value is -5.91. The fourth-order valence-corrected chi connectivity index (χ4v) is 5.49. The Morgan fingerprint density at radius 3 is 1.57 bits per heavy atom. The Balaban J connectivity index is 0.000000288. The van der Waals surface area contributed by atoms with Gasteiger partial charge in [-0.1, -0.05) is 146 Å². The van der Waals surface area contributed by atoms with Crippen molar-refractivity contribution in [2.45, 2.75) is 6.42 Å². The average Bonchev–Trinajstić information content (AvgIpc) is 3.13. The standard InChI is InChI=1S/C33H24N2.C8H11N3/c1-2-7-24(8-3-1)23-25-13-15-26(16-14-25)29-9-4-12-32-30(10-5-11-31(29)32)27-17-19-28(20-18-27)33-34-21-6-22-35-33;9-6-11-8(10)7-4-2-1-3-5-7/h1-22H,23H2;1-5H,6,9H2,(H2,10,11). The van der Waals surface area contributed by atoms with E-state index in [9.17, 15) is 0 Å². The van der Waals surface area contributed by atoms with Gasteiger partial charge in [-0.3, -0.25) is 4.99 Å². The molecule has 0 unspecified atom stereocenters. The first-order valence-electron chi connectivity index (χ1n) is 15.3. The van der Waals surface area contributed by atoms with Crippen LogP contribution in [0.1, 0.15) is 16.7 Å². The second kappa shape index (κ2) is 14.7. The van der Waals surface area contributed by atoms with Crippen LogP contribution in [-0.4, -0.2) is 22.5 Å². The van der Waals surface area contributed by atoms with E-state index in [2.05, 4.69) is 130 Å². The van der Waals surface area contributed by atoms with Crippen molar-refractivity contribution in [3.05, 3.63) is 181 Å². The lowest BCUT2D eigenvalue weighted by molar-refractivity contribution is 1.06. The molecule has 0 aliphatic rings. The van der Waals surface area contributed by atoms with Crippen LogP contribution in [0.25, 0.3) is 44.4 Å². The molecule has 0 aliphatic heterocycles. The summed E-state index contributed by atoms with van der Waals surface area (Å²) in [6.07, 6.45) is 4.50. The second-order valence-electron chi connectivity index (χ2n) is 10.8. The molecule has 5 heteroatoms. The maximum Gasteiger partial charge on any atom is 0.159 e. The molecular weight excluding hydrogens is 562 g/mol. The fraction of sp³-hybridized carbons (Fsp3) is 0.0488. The van der Waals surface area contributed by atoms with Crippen LogP contribution in [-0.2, 0) is 6.42 Å². The minimum Gasteiger partial charge on any atom is -0.383 e. The number of hydrogen-bond donors (Lipinski definition) is 2. The van der Waals surface area contributed by atoms with Crippen LogP contribution in [0, 0.1) is 0 Å². The highest BCUT2D eigenvalue weighted by Crippen LogP contribution is 2.35. The predicted octanol–water partition coefficient (Wildman–Crippen LogP) is 8.53. The fourth-order valence-electron chi connectivity index (χ4n) is 5.49. The number of amidine groups is 1. The van der Waals surface area contributed by atoms with Gasteiger partial charge in [0.1, 0.15) is 5.84 Å². The second-order valence-corrected chi connectivity index (χ2v) is 10.8. The zero-order chi connectivity index (χ0) is 31.6. The molecule has 1 heterocycles. The molecule has 0 fully saturated rings. The smallest absolute Gasteiger partial charge is 0.159 e. The number of nitrogens with two attached hydrogens (primary N) is 2. The molecule has 0 radical (unpaired) electrons. The highest BCUT2D eigenvalue weighted by atomic mass is 14.9. The van der Waals surface area contributed by atoms with E-state index < -0.39 is 0 Å². The lowest BCUT2D eigenvalue weighted by Gasteiger charge is -2.12. The van der Waals surface area contributed by atoms with Crippen molar-refractivity contribution in [3.8, 4) is 33.6 Å². The summed E-state index contributed by atoms with van der Waals surface area (Å²) in [5.41, 5.74) is 20.3. The number of hydrogen-bond acceptors (Lipinski definition) is 4. The predicted molar refractivity (Wildman–Crippen MR) is 191 cm³/mol. The Morgan fingerprint density at radius 1 is 0.500 bits per heavy atom. The first kappa shape index (κ1) is 30.1. The summed E-state index contributed by atoms with van der Waals surface area (Å²) in [7, 11) is 0. The van der Waals surface area contributed by atoms with Crippen LogP contribution in [0.2, 0.25) is 0 Å². The molecule has 1 aromatic heterocycles. The minimum absolute atomic E-state index is 0.237. The SMILES string of the molecule is NC/N=C(\N)c1ccccc1.c1ccc(Cc2ccc(-c3cccc4c(-c5ccc(-c6ncccn6)cc5)cccc34)cc2)cc1. The van der Waals surface area contributed by atoms with Crippen LogP contribution in [0.5, 0.6) is 0 Å². The molecule has 4 N–H and O–H groups in total. The molecule has 224 valence electrons. The zero-order valence-electron chi connectivity index (χ0n) is 25.5. The number of nitrogens with zero attached hydrogens (tertiary/aromatic N) is 3. The number of fused-ring (bicyclic) bond motifs is 1. The van der Waals surface area contributed by atoms with Gasteiger partial charge in [-0.2, -0.15) is 0 Å². The van der Waals surface area contributed by atoms with Gasteiger partial charge >= 0.3 is 0 Å². The Kier molecular flexibility index (Phi) is 9.64. The van der Waals surface area contributed by atoms with Gasteiger partial charge in [0, 0.05) is 23.5 Å².